The number of aromatic amines is 1. The molecule has 0 aliphatic heterocycles. The Balaban J connectivity index is 2.37. The molecule has 2 rings (SSSR count). The number of benzene rings is 1. The third-order valence-electron chi connectivity index (χ3n) is 2.41. The number of rotatable bonds is 6. The number of anilines is 1. The van der Waals surface area contributed by atoms with Gasteiger partial charge in [-0.05, 0) is 18.2 Å². The third kappa shape index (κ3) is 3.60. The molecule has 0 fully saturated rings. The molecule has 0 aliphatic rings. The van der Waals surface area contributed by atoms with Crippen LogP contribution in [0.15, 0.2) is 35.5 Å². The third-order valence-corrected chi connectivity index (χ3v) is 3.71. The molecule has 1 aromatic carbocycles. The number of nitrogens with one attached hydrogen (secondary N) is 2. The minimum Gasteiger partial charge on any atom is -0.497 e. The monoisotopic (exact) mass is 319 g/mol. The lowest BCUT2D eigenvalue weighted by atomic mass is 10.3. The van der Waals surface area contributed by atoms with Crippen molar-refractivity contribution < 1.29 is 26.7 Å². The van der Waals surface area contributed by atoms with E-state index in [1.807, 2.05) is 0 Å². The zero-order valence-electron chi connectivity index (χ0n) is 10.7. The summed E-state index contributed by atoms with van der Waals surface area (Å²) in [5.74, 6) is -0.0483. The lowest BCUT2D eigenvalue weighted by molar-refractivity contribution is -0.0493. The van der Waals surface area contributed by atoms with Crippen LogP contribution in [-0.2, 0) is 10.0 Å². The van der Waals surface area contributed by atoms with Crippen molar-refractivity contribution in [2.75, 3.05) is 11.8 Å². The average molecular weight is 319 g/mol. The van der Waals surface area contributed by atoms with Gasteiger partial charge < -0.3 is 9.47 Å². The van der Waals surface area contributed by atoms with E-state index in [0.717, 1.165) is 0 Å². The fraction of sp³-hybridized carbons (Fsp3) is 0.182. The second kappa shape index (κ2) is 5.95. The van der Waals surface area contributed by atoms with Crippen molar-refractivity contribution in [2.24, 2.45) is 0 Å². The molecule has 0 unspecified atom stereocenters. The highest BCUT2D eigenvalue weighted by molar-refractivity contribution is 7.92. The quantitative estimate of drug-likeness (QED) is 0.847. The number of hydrogen-bond donors (Lipinski definition) is 2. The fourth-order valence-electron chi connectivity index (χ4n) is 1.51. The van der Waals surface area contributed by atoms with Crippen LogP contribution in [0.4, 0.5) is 14.5 Å². The maximum absolute atomic E-state index is 12.3. The Morgan fingerprint density at radius 3 is 2.67 bits per heavy atom. The van der Waals surface area contributed by atoms with Crippen molar-refractivity contribution >= 4 is 15.7 Å². The van der Waals surface area contributed by atoms with Gasteiger partial charge in [-0.25, -0.2) is 0 Å². The summed E-state index contributed by atoms with van der Waals surface area (Å²) >= 11 is 0. The SMILES string of the molecule is COc1ccc(OC(F)F)c(NS(=O)(=O)c2ccn[nH]2)c1. The van der Waals surface area contributed by atoms with Gasteiger partial charge in [-0.15, -0.1) is 0 Å². The summed E-state index contributed by atoms with van der Waals surface area (Å²) in [4.78, 5) is 0. The summed E-state index contributed by atoms with van der Waals surface area (Å²) in [6, 6.07) is 4.99. The van der Waals surface area contributed by atoms with Crippen molar-refractivity contribution in [1.82, 2.24) is 10.2 Å². The standard InChI is InChI=1S/C11H11F2N3O4S/c1-19-7-2-3-9(20-11(12)13)8(6-7)16-21(17,18)10-4-5-14-15-10/h2-6,11,16H,1H3,(H,14,15). The van der Waals surface area contributed by atoms with Gasteiger partial charge in [-0.2, -0.15) is 22.3 Å². The number of alkyl halides is 2. The van der Waals surface area contributed by atoms with Gasteiger partial charge in [-0.3, -0.25) is 9.82 Å². The first-order valence-corrected chi connectivity index (χ1v) is 7.06. The first-order chi connectivity index (χ1) is 9.92. The van der Waals surface area contributed by atoms with Crippen LogP contribution < -0.4 is 14.2 Å². The van der Waals surface area contributed by atoms with Crippen LogP contribution in [0.3, 0.4) is 0 Å². The molecule has 0 saturated heterocycles. The predicted octanol–water partition coefficient (Wildman–Crippen LogP) is 1.82. The van der Waals surface area contributed by atoms with Crippen molar-refractivity contribution in [2.45, 2.75) is 11.6 Å². The summed E-state index contributed by atoms with van der Waals surface area (Å²) in [5, 5.41) is 5.57. The summed E-state index contributed by atoms with van der Waals surface area (Å²) in [7, 11) is -2.64. The van der Waals surface area contributed by atoms with Crippen LogP contribution >= 0.6 is 0 Å². The number of halogens is 2. The van der Waals surface area contributed by atoms with Gasteiger partial charge in [0.2, 0.25) is 0 Å². The lowest BCUT2D eigenvalue weighted by Crippen LogP contribution is -2.15. The van der Waals surface area contributed by atoms with E-state index >= 15 is 0 Å². The van der Waals surface area contributed by atoms with Gasteiger partial charge >= 0.3 is 6.61 Å². The number of aromatic nitrogens is 2. The molecule has 2 N–H and O–H groups in total. The molecular formula is C11H11F2N3O4S. The average Bonchev–Trinajstić information content (AvgIpc) is 2.94. The number of sulfonamides is 1. The molecule has 2 aromatic rings. The van der Waals surface area contributed by atoms with E-state index in [-0.39, 0.29) is 22.2 Å². The Morgan fingerprint density at radius 2 is 2.10 bits per heavy atom. The van der Waals surface area contributed by atoms with E-state index in [1.165, 1.54) is 37.6 Å². The number of nitrogens with zero attached hydrogens (tertiary/aromatic N) is 1. The van der Waals surface area contributed by atoms with Crippen LogP contribution in [0.1, 0.15) is 0 Å². The molecule has 0 aliphatic carbocycles. The van der Waals surface area contributed by atoms with E-state index in [4.69, 9.17) is 4.74 Å². The molecule has 1 aromatic heterocycles. The van der Waals surface area contributed by atoms with Crippen LogP contribution in [-0.4, -0.2) is 32.3 Å². The zero-order valence-corrected chi connectivity index (χ0v) is 11.5. The second-order valence-electron chi connectivity index (χ2n) is 3.77. The second-order valence-corrected chi connectivity index (χ2v) is 5.42. The summed E-state index contributed by atoms with van der Waals surface area (Å²) in [6.07, 6.45) is 1.25. The van der Waals surface area contributed by atoms with E-state index < -0.39 is 16.6 Å². The van der Waals surface area contributed by atoms with Crippen LogP contribution in [0.25, 0.3) is 0 Å². The van der Waals surface area contributed by atoms with Gasteiger partial charge in [0.15, 0.2) is 5.03 Å². The van der Waals surface area contributed by atoms with Crippen LogP contribution in [0.5, 0.6) is 11.5 Å². The normalized spacial score (nSPS) is 11.4. The van der Waals surface area contributed by atoms with Crippen molar-refractivity contribution in [3.05, 3.63) is 30.5 Å². The molecular weight excluding hydrogens is 308 g/mol. The van der Waals surface area contributed by atoms with Crippen molar-refractivity contribution in [3.8, 4) is 11.5 Å². The Kier molecular flexibility index (Phi) is 4.26. The molecule has 114 valence electrons. The Morgan fingerprint density at radius 1 is 1.33 bits per heavy atom. The largest absolute Gasteiger partial charge is 0.497 e. The zero-order chi connectivity index (χ0) is 15.5. The predicted molar refractivity (Wildman–Crippen MR) is 69.0 cm³/mol. The molecule has 21 heavy (non-hydrogen) atoms. The first kappa shape index (κ1) is 15.0. The maximum atomic E-state index is 12.3. The Hall–Kier alpha value is -2.36. The van der Waals surface area contributed by atoms with Crippen molar-refractivity contribution in [1.29, 1.82) is 0 Å². The van der Waals surface area contributed by atoms with E-state index in [0.29, 0.717) is 0 Å². The van der Waals surface area contributed by atoms with Crippen molar-refractivity contribution in [3.63, 3.8) is 0 Å². The van der Waals surface area contributed by atoms with Gasteiger partial charge in [0, 0.05) is 6.07 Å². The molecule has 7 nitrogen and oxygen atoms in total. The summed E-state index contributed by atoms with van der Waals surface area (Å²) in [6.45, 7) is -3.09. The van der Waals surface area contributed by atoms with Gasteiger partial charge in [-0.1, -0.05) is 0 Å². The van der Waals surface area contributed by atoms with Crippen LogP contribution in [0.2, 0.25) is 0 Å². The summed E-state index contributed by atoms with van der Waals surface area (Å²) in [5.41, 5.74) is -0.177. The lowest BCUT2D eigenvalue weighted by Gasteiger charge is -2.13. The van der Waals surface area contributed by atoms with Crippen LogP contribution in [0, 0.1) is 0 Å². The highest BCUT2D eigenvalue weighted by Crippen LogP contribution is 2.31. The Bertz CT molecular complexity index is 704. The minimum atomic E-state index is -4.00. The summed E-state index contributed by atoms with van der Waals surface area (Å²) < 4.78 is 60.1. The smallest absolute Gasteiger partial charge is 0.387 e. The van der Waals surface area contributed by atoms with E-state index in [1.54, 1.807) is 0 Å². The molecule has 0 bridgehead atoms. The highest BCUT2D eigenvalue weighted by atomic mass is 32.2. The molecule has 10 heteroatoms. The van der Waals surface area contributed by atoms with Gasteiger partial charge in [0.25, 0.3) is 10.0 Å². The van der Waals surface area contributed by atoms with Gasteiger partial charge in [0.05, 0.1) is 19.0 Å². The number of hydrogen-bond acceptors (Lipinski definition) is 5. The molecule has 1 heterocycles. The molecule has 0 radical (unpaired) electrons. The minimum absolute atomic E-state index is 0.177. The topological polar surface area (TPSA) is 93.3 Å². The van der Waals surface area contributed by atoms with Gasteiger partial charge in [0.1, 0.15) is 11.5 Å². The Labute approximate surface area is 118 Å². The number of methoxy groups -OCH3 is 1. The molecule has 0 atom stereocenters. The molecule has 0 saturated carbocycles. The fourth-order valence-corrected chi connectivity index (χ4v) is 2.48. The molecule has 0 amide bonds. The molecule has 0 spiro atoms. The van der Waals surface area contributed by atoms with E-state index in [9.17, 15) is 17.2 Å². The number of H-pyrrole nitrogens is 1. The highest BCUT2D eigenvalue weighted by Gasteiger charge is 2.19. The maximum Gasteiger partial charge on any atom is 0.387 e. The first-order valence-electron chi connectivity index (χ1n) is 5.57. The van der Waals surface area contributed by atoms with E-state index in [2.05, 4.69) is 19.7 Å². The number of ether oxygens (including phenoxy) is 2.